The number of benzene rings is 2. The fourth-order valence-electron chi connectivity index (χ4n) is 3.39. The highest BCUT2D eigenvalue weighted by Gasteiger charge is 2.13. The topological polar surface area (TPSA) is 63.7 Å². The number of allylic oxidation sites excluding steroid dienone is 1. The van der Waals surface area contributed by atoms with E-state index in [1.165, 1.54) is 6.08 Å². The molecule has 0 bridgehead atoms. The first-order chi connectivity index (χ1) is 14.1. The Bertz CT molecular complexity index is 1240. The number of furan rings is 1. The Labute approximate surface area is 167 Å². The van der Waals surface area contributed by atoms with Gasteiger partial charge >= 0.3 is 5.63 Å². The van der Waals surface area contributed by atoms with Gasteiger partial charge in [-0.25, -0.2) is 4.79 Å². The molecule has 0 saturated carbocycles. The third-order valence-electron chi connectivity index (χ3n) is 4.96. The molecule has 0 atom stereocenters. The molecule has 5 nitrogen and oxygen atoms in total. The van der Waals surface area contributed by atoms with Crippen molar-refractivity contribution in [3.05, 3.63) is 82.4 Å². The number of carbonyl (C=O) groups excluding carboxylic acids is 1. The number of rotatable bonds is 6. The highest BCUT2D eigenvalue weighted by molar-refractivity contribution is 6.07. The maximum Gasteiger partial charge on any atom is 0.347 e. The van der Waals surface area contributed by atoms with E-state index >= 15 is 0 Å². The first-order valence-corrected chi connectivity index (χ1v) is 9.63. The molecule has 0 aliphatic heterocycles. The summed E-state index contributed by atoms with van der Waals surface area (Å²) in [6, 6.07) is 16.7. The molecule has 0 fully saturated rings. The standard InChI is InChI=1S/C24H21NO4/c1-3-25(4-2)18-10-9-17-14-20(24(27)29-23(17)15-18)21(26)12-11-19-13-16-7-5-6-8-22(16)28-19/h5-15H,3-4H2,1-2H3. The van der Waals surface area contributed by atoms with E-state index in [-0.39, 0.29) is 5.56 Å². The normalized spacial score (nSPS) is 11.5. The average Bonchev–Trinajstić information content (AvgIpc) is 3.15. The molecule has 146 valence electrons. The number of anilines is 1. The highest BCUT2D eigenvalue weighted by Crippen LogP contribution is 2.23. The largest absolute Gasteiger partial charge is 0.457 e. The summed E-state index contributed by atoms with van der Waals surface area (Å²) in [5, 5.41) is 1.66. The number of carbonyl (C=O) groups is 1. The molecule has 0 N–H and O–H groups in total. The second kappa shape index (κ2) is 7.80. The molecular formula is C24H21NO4. The number of nitrogens with zero attached hydrogens (tertiary/aromatic N) is 1. The van der Waals surface area contributed by atoms with Crippen molar-refractivity contribution in [2.24, 2.45) is 0 Å². The summed E-state index contributed by atoms with van der Waals surface area (Å²) in [5.41, 5.74) is 1.55. The van der Waals surface area contributed by atoms with Crippen molar-refractivity contribution in [2.75, 3.05) is 18.0 Å². The lowest BCUT2D eigenvalue weighted by atomic mass is 10.1. The minimum absolute atomic E-state index is 0.000417. The molecule has 2 aromatic heterocycles. The van der Waals surface area contributed by atoms with Gasteiger partial charge in [-0.1, -0.05) is 18.2 Å². The van der Waals surface area contributed by atoms with E-state index in [1.54, 1.807) is 12.1 Å². The monoisotopic (exact) mass is 387 g/mol. The van der Waals surface area contributed by atoms with Crippen LogP contribution in [0.1, 0.15) is 30.0 Å². The number of hydrogen-bond donors (Lipinski definition) is 0. The second-order valence-electron chi connectivity index (χ2n) is 6.73. The summed E-state index contributed by atoms with van der Waals surface area (Å²) in [6.07, 6.45) is 2.90. The van der Waals surface area contributed by atoms with Crippen LogP contribution in [0.25, 0.3) is 28.0 Å². The van der Waals surface area contributed by atoms with Crippen LogP contribution in [0.15, 0.2) is 74.3 Å². The van der Waals surface area contributed by atoms with E-state index in [9.17, 15) is 9.59 Å². The summed E-state index contributed by atoms with van der Waals surface area (Å²) >= 11 is 0. The van der Waals surface area contributed by atoms with Crippen LogP contribution in [-0.4, -0.2) is 18.9 Å². The Hall–Kier alpha value is -3.60. The molecule has 2 heterocycles. The fraction of sp³-hybridized carbons (Fsp3) is 0.167. The lowest BCUT2D eigenvalue weighted by Gasteiger charge is -2.20. The third kappa shape index (κ3) is 3.72. The molecule has 4 aromatic rings. The molecule has 5 heteroatoms. The Balaban J connectivity index is 1.64. The van der Waals surface area contributed by atoms with E-state index in [0.717, 1.165) is 29.7 Å². The maximum atomic E-state index is 12.6. The molecule has 29 heavy (non-hydrogen) atoms. The van der Waals surface area contributed by atoms with Crippen LogP contribution in [0.2, 0.25) is 0 Å². The molecule has 0 saturated heterocycles. The predicted octanol–water partition coefficient (Wildman–Crippen LogP) is 5.28. The third-order valence-corrected chi connectivity index (χ3v) is 4.96. The van der Waals surface area contributed by atoms with Gasteiger partial charge in [0.25, 0.3) is 0 Å². The van der Waals surface area contributed by atoms with E-state index in [2.05, 4.69) is 18.7 Å². The summed E-state index contributed by atoms with van der Waals surface area (Å²) < 4.78 is 11.1. The molecular weight excluding hydrogens is 366 g/mol. The van der Waals surface area contributed by atoms with Crippen LogP contribution in [0, 0.1) is 0 Å². The lowest BCUT2D eigenvalue weighted by Crippen LogP contribution is -2.21. The Morgan fingerprint density at radius 3 is 2.45 bits per heavy atom. The Kier molecular flexibility index (Phi) is 5.04. The smallest absolute Gasteiger partial charge is 0.347 e. The van der Waals surface area contributed by atoms with Crippen LogP contribution < -0.4 is 10.5 Å². The maximum absolute atomic E-state index is 12.6. The van der Waals surface area contributed by atoms with Crippen molar-refractivity contribution < 1.29 is 13.6 Å². The Morgan fingerprint density at radius 2 is 1.69 bits per heavy atom. The summed E-state index contributed by atoms with van der Waals surface area (Å²) in [4.78, 5) is 27.1. The Morgan fingerprint density at radius 1 is 0.931 bits per heavy atom. The molecule has 0 radical (unpaired) electrons. The van der Waals surface area contributed by atoms with E-state index in [0.29, 0.717) is 16.7 Å². The zero-order valence-corrected chi connectivity index (χ0v) is 16.3. The molecule has 0 aliphatic carbocycles. The van der Waals surface area contributed by atoms with Gasteiger partial charge in [-0.05, 0) is 56.3 Å². The van der Waals surface area contributed by atoms with Gasteiger partial charge in [0, 0.05) is 35.6 Å². The molecule has 0 aliphatic rings. The molecule has 0 amide bonds. The van der Waals surface area contributed by atoms with Crippen LogP contribution in [0.3, 0.4) is 0 Å². The van der Waals surface area contributed by atoms with Crippen molar-refractivity contribution in [3.8, 4) is 0 Å². The van der Waals surface area contributed by atoms with Gasteiger partial charge in [-0.15, -0.1) is 0 Å². The zero-order chi connectivity index (χ0) is 20.4. The summed E-state index contributed by atoms with van der Waals surface area (Å²) in [5.74, 6) is 0.127. The minimum Gasteiger partial charge on any atom is -0.457 e. The van der Waals surface area contributed by atoms with Crippen molar-refractivity contribution in [1.82, 2.24) is 0 Å². The minimum atomic E-state index is -0.645. The van der Waals surface area contributed by atoms with Crippen molar-refractivity contribution in [2.45, 2.75) is 13.8 Å². The quantitative estimate of drug-likeness (QED) is 0.256. The first kappa shape index (κ1) is 18.7. The van der Waals surface area contributed by atoms with Crippen molar-refractivity contribution in [1.29, 1.82) is 0 Å². The predicted molar refractivity (Wildman–Crippen MR) is 116 cm³/mol. The highest BCUT2D eigenvalue weighted by atomic mass is 16.4. The average molecular weight is 387 g/mol. The lowest BCUT2D eigenvalue weighted by molar-refractivity contribution is 0.104. The van der Waals surface area contributed by atoms with Crippen molar-refractivity contribution >= 4 is 39.5 Å². The molecule has 0 unspecified atom stereocenters. The van der Waals surface area contributed by atoms with Gasteiger partial charge in [-0.3, -0.25) is 4.79 Å². The number of ketones is 1. The SMILES string of the molecule is CCN(CC)c1ccc2cc(C(=O)C=Cc3cc4ccccc4o3)c(=O)oc2c1. The number of hydrogen-bond acceptors (Lipinski definition) is 5. The van der Waals surface area contributed by atoms with Gasteiger partial charge in [0.2, 0.25) is 0 Å². The van der Waals surface area contributed by atoms with Gasteiger partial charge in [0.05, 0.1) is 0 Å². The second-order valence-corrected chi connectivity index (χ2v) is 6.73. The van der Waals surface area contributed by atoms with E-state index in [1.807, 2.05) is 48.5 Å². The molecule has 4 rings (SSSR count). The van der Waals surface area contributed by atoms with Gasteiger partial charge < -0.3 is 13.7 Å². The van der Waals surface area contributed by atoms with E-state index in [4.69, 9.17) is 8.83 Å². The van der Waals surface area contributed by atoms with Crippen molar-refractivity contribution in [3.63, 3.8) is 0 Å². The van der Waals surface area contributed by atoms with Gasteiger partial charge in [0.1, 0.15) is 22.5 Å². The van der Waals surface area contributed by atoms with E-state index < -0.39 is 11.4 Å². The number of fused-ring (bicyclic) bond motifs is 2. The fourth-order valence-corrected chi connectivity index (χ4v) is 3.39. The van der Waals surface area contributed by atoms with Crippen LogP contribution in [0.4, 0.5) is 5.69 Å². The van der Waals surface area contributed by atoms with Crippen LogP contribution in [0.5, 0.6) is 0 Å². The van der Waals surface area contributed by atoms with Gasteiger partial charge in [0.15, 0.2) is 5.78 Å². The van der Waals surface area contributed by atoms with Crippen LogP contribution in [-0.2, 0) is 0 Å². The molecule has 2 aromatic carbocycles. The number of para-hydroxylation sites is 1. The first-order valence-electron chi connectivity index (χ1n) is 9.63. The zero-order valence-electron chi connectivity index (χ0n) is 16.3. The van der Waals surface area contributed by atoms with Gasteiger partial charge in [-0.2, -0.15) is 0 Å². The summed E-state index contributed by atoms with van der Waals surface area (Å²) in [7, 11) is 0. The summed E-state index contributed by atoms with van der Waals surface area (Å²) in [6.45, 7) is 5.85. The van der Waals surface area contributed by atoms with Crippen LogP contribution >= 0.6 is 0 Å². The molecule has 0 spiro atoms.